The van der Waals surface area contributed by atoms with Crippen molar-refractivity contribution in [2.24, 2.45) is 0 Å². The molecule has 3 aromatic rings. The number of nitrogens with one attached hydrogen (secondary N) is 2. The maximum atomic E-state index is 13.8. The van der Waals surface area contributed by atoms with Gasteiger partial charge >= 0.3 is 0 Å². The summed E-state index contributed by atoms with van der Waals surface area (Å²) in [6.07, 6.45) is 0. The molecule has 3 aliphatic heterocycles. The molecule has 3 aliphatic rings. The second kappa shape index (κ2) is 7.39. The number of fused-ring (bicyclic) bond motifs is 4. The van der Waals surface area contributed by atoms with Crippen LogP contribution in [-0.2, 0) is 0 Å². The molecule has 0 atom stereocenters. The van der Waals surface area contributed by atoms with Gasteiger partial charge in [-0.25, -0.2) is 9.37 Å². The van der Waals surface area contributed by atoms with Gasteiger partial charge in [0.25, 0.3) is 5.56 Å². The normalized spacial score (nSPS) is 18.2. The molecule has 8 nitrogen and oxygen atoms in total. The number of hydrogen-bond donors (Lipinski definition) is 2. The largest absolute Gasteiger partial charge is 0.367 e. The van der Waals surface area contributed by atoms with Crippen LogP contribution in [0.1, 0.15) is 16.2 Å². The number of carbonyl (C=O) groups excluding carboxylic acids is 1. The van der Waals surface area contributed by atoms with Gasteiger partial charge < -0.3 is 20.4 Å². The number of anilines is 2. The molecule has 0 radical (unpaired) electrons. The first-order valence-corrected chi connectivity index (χ1v) is 11.0. The third kappa shape index (κ3) is 2.92. The van der Waals surface area contributed by atoms with Gasteiger partial charge in [-0.15, -0.1) is 0 Å². The number of piperazine rings is 2. The molecule has 0 spiro atoms. The second-order valence-corrected chi connectivity index (χ2v) is 8.40. The third-order valence-electron chi connectivity index (χ3n) is 6.53. The molecule has 0 unspecified atom stereocenters. The molecule has 2 aromatic carbocycles. The molecule has 0 aliphatic carbocycles. The molecule has 4 heterocycles. The van der Waals surface area contributed by atoms with Crippen LogP contribution in [0.5, 0.6) is 0 Å². The molecule has 0 saturated carbocycles. The highest BCUT2D eigenvalue weighted by molar-refractivity contribution is 6.13. The molecule has 164 valence electrons. The van der Waals surface area contributed by atoms with Crippen molar-refractivity contribution in [1.82, 2.24) is 20.2 Å². The molecule has 0 bridgehead atoms. The third-order valence-corrected chi connectivity index (χ3v) is 6.53. The van der Waals surface area contributed by atoms with Gasteiger partial charge in [0.15, 0.2) is 5.82 Å². The number of halogens is 1. The van der Waals surface area contributed by atoms with E-state index in [1.54, 1.807) is 0 Å². The van der Waals surface area contributed by atoms with E-state index in [-0.39, 0.29) is 16.9 Å². The zero-order valence-corrected chi connectivity index (χ0v) is 17.5. The van der Waals surface area contributed by atoms with E-state index in [0.29, 0.717) is 16.6 Å². The Hall–Kier alpha value is -3.30. The lowest BCUT2D eigenvalue weighted by Gasteiger charge is -2.36. The van der Waals surface area contributed by atoms with Gasteiger partial charge in [-0.3, -0.25) is 14.2 Å². The lowest BCUT2D eigenvalue weighted by molar-refractivity contribution is 0.103. The quantitative estimate of drug-likeness (QED) is 0.485. The standard InChI is InChI=1S/C23H23FN6O2/c24-14-1-2-18-16(11-14)21(31)22-27-17-13-20(29-9-5-26-6-10-29)19(28-7-3-25-4-8-28)12-15(17)23(32)30(18)22/h1-2,11-13,25-26H,3-10H2. The van der Waals surface area contributed by atoms with E-state index in [1.165, 1.54) is 22.8 Å². The Kier molecular flexibility index (Phi) is 4.48. The van der Waals surface area contributed by atoms with Crippen molar-refractivity contribution in [2.75, 3.05) is 62.2 Å². The predicted octanol–water partition coefficient (Wildman–Crippen LogP) is 0.888. The van der Waals surface area contributed by atoms with Gasteiger partial charge in [-0.05, 0) is 30.3 Å². The van der Waals surface area contributed by atoms with Crippen LogP contribution in [0.25, 0.3) is 16.6 Å². The number of carbonyl (C=O) groups is 1. The van der Waals surface area contributed by atoms with E-state index in [4.69, 9.17) is 0 Å². The zero-order valence-electron chi connectivity index (χ0n) is 17.5. The minimum absolute atomic E-state index is 0.0456. The SMILES string of the molecule is O=C1c2cc(F)ccc2-n2c1nc1cc(N3CCNCC3)c(N3CCNCC3)cc1c2=O. The zero-order chi connectivity index (χ0) is 21.8. The van der Waals surface area contributed by atoms with Crippen molar-refractivity contribution >= 4 is 28.1 Å². The maximum absolute atomic E-state index is 13.8. The monoisotopic (exact) mass is 434 g/mol. The first kappa shape index (κ1) is 19.4. The van der Waals surface area contributed by atoms with Gasteiger partial charge in [0.2, 0.25) is 5.78 Å². The minimum Gasteiger partial charge on any atom is -0.367 e. The molecule has 2 saturated heterocycles. The Morgan fingerprint density at radius 2 is 1.44 bits per heavy atom. The van der Waals surface area contributed by atoms with Crippen LogP contribution in [-0.4, -0.2) is 67.7 Å². The van der Waals surface area contributed by atoms with Crippen LogP contribution in [0.2, 0.25) is 0 Å². The van der Waals surface area contributed by atoms with Gasteiger partial charge in [-0.2, -0.15) is 0 Å². The van der Waals surface area contributed by atoms with Crippen LogP contribution >= 0.6 is 0 Å². The van der Waals surface area contributed by atoms with Gasteiger partial charge in [0, 0.05) is 52.4 Å². The summed E-state index contributed by atoms with van der Waals surface area (Å²) in [6.45, 7) is 6.96. The highest BCUT2D eigenvalue weighted by Crippen LogP contribution is 2.35. The average Bonchev–Trinajstić information content (AvgIpc) is 3.11. The van der Waals surface area contributed by atoms with Crippen molar-refractivity contribution in [2.45, 2.75) is 0 Å². The molecular formula is C23H23FN6O2. The Balaban J connectivity index is 1.58. The van der Waals surface area contributed by atoms with Crippen LogP contribution in [0.3, 0.4) is 0 Å². The lowest BCUT2D eigenvalue weighted by Crippen LogP contribution is -2.46. The molecule has 6 rings (SSSR count). The van der Waals surface area contributed by atoms with Crippen LogP contribution in [0.4, 0.5) is 15.8 Å². The van der Waals surface area contributed by atoms with Gasteiger partial charge in [0.1, 0.15) is 5.82 Å². The fourth-order valence-electron chi connectivity index (χ4n) is 4.91. The number of hydrogen-bond acceptors (Lipinski definition) is 7. The topological polar surface area (TPSA) is 82.5 Å². The molecular weight excluding hydrogens is 411 g/mol. The molecule has 0 amide bonds. The summed E-state index contributed by atoms with van der Waals surface area (Å²) in [5.41, 5.74) is 2.81. The fraction of sp³-hybridized carbons (Fsp3) is 0.348. The summed E-state index contributed by atoms with van der Waals surface area (Å²) in [5.74, 6) is -0.887. The average molecular weight is 434 g/mol. The summed E-state index contributed by atoms with van der Waals surface area (Å²) in [7, 11) is 0. The number of ketones is 1. The lowest BCUT2D eigenvalue weighted by atomic mass is 10.1. The highest BCUT2D eigenvalue weighted by Gasteiger charge is 2.31. The summed E-state index contributed by atoms with van der Waals surface area (Å²) < 4.78 is 15.1. The van der Waals surface area contributed by atoms with Crippen LogP contribution in [0.15, 0.2) is 35.1 Å². The Bertz CT molecular complexity index is 1310. The fourth-order valence-corrected chi connectivity index (χ4v) is 4.91. The number of nitrogens with zero attached hydrogens (tertiary/aromatic N) is 4. The van der Waals surface area contributed by atoms with E-state index in [0.717, 1.165) is 63.7 Å². The molecule has 1 aromatic heterocycles. The van der Waals surface area contributed by atoms with E-state index in [1.807, 2.05) is 12.1 Å². The van der Waals surface area contributed by atoms with Crippen molar-refractivity contribution in [1.29, 1.82) is 0 Å². The predicted molar refractivity (Wildman–Crippen MR) is 121 cm³/mol. The molecule has 2 fully saturated rings. The number of benzene rings is 2. The Labute approximate surface area is 183 Å². The van der Waals surface area contributed by atoms with E-state index in [2.05, 4.69) is 25.4 Å². The van der Waals surface area contributed by atoms with Gasteiger partial charge in [-0.1, -0.05) is 0 Å². The summed E-state index contributed by atoms with van der Waals surface area (Å²) in [4.78, 5) is 35.7. The minimum atomic E-state index is -0.510. The van der Waals surface area contributed by atoms with Crippen LogP contribution < -0.4 is 26.0 Å². The first-order valence-electron chi connectivity index (χ1n) is 11.0. The van der Waals surface area contributed by atoms with E-state index >= 15 is 0 Å². The molecule has 2 N–H and O–H groups in total. The van der Waals surface area contributed by atoms with Crippen molar-refractivity contribution in [3.05, 3.63) is 57.9 Å². The smallest absolute Gasteiger partial charge is 0.266 e. The molecule has 32 heavy (non-hydrogen) atoms. The summed E-state index contributed by atoms with van der Waals surface area (Å²) in [5, 5.41) is 7.21. The first-order chi connectivity index (χ1) is 15.6. The highest BCUT2D eigenvalue weighted by atomic mass is 19.1. The van der Waals surface area contributed by atoms with Gasteiger partial charge in [0.05, 0.1) is 33.5 Å². The van der Waals surface area contributed by atoms with Crippen LogP contribution in [0, 0.1) is 5.82 Å². The summed E-state index contributed by atoms with van der Waals surface area (Å²) in [6, 6.07) is 7.77. The second-order valence-electron chi connectivity index (χ2n) is 8.40. The number of aromatic nitrogens is 2. The molecule has 9 heteroatoms. The van der Waals surface area contributed by atoms with E-state index < -0.39 is 11.6 Å². The number of rotatable bonds is 2. The Morgan fingerprint density at radius 1 is 0.812 bits per heavy atom. The van der Waals surface area contributed by atoms with Crippen molar-refractivity contribution in [3.63, 3.8) is 0 Å². The Morgan fingerprint density at radius 3 is 2.09 bits per heavy atom. The van der Waals surface area contributed by atoms with Crippen molar-refractivity contribution < 1.29 is 9.18 Å². The summed E-state index contributed by atoms with van der Waals surface area (Å²) >= 11 is 0. The van der Waals surface area contributed by atoms with E-state index in [9.17, 15) is 14.0 Å². The van der Waals surface area contributed by atoms with Crippen molar-refractivity contribution in [3.8, 4) is 5.69 Å². The maximum Gasteiger partial charge on any atom is 0.266 e.